The Kier molecular flexibility index (Phi) is 4.29. The quantitative estimate of drug-likeness (QED) is 0.627. The number of hydrogen-bond acceptors (Lipinski definition) is 3. The first kappa shape index (κ1) is 10.9. The first-order valence-corrected chi connectivity index (χ1v) is 3.24. The van der Waals surface area contributed by atoms with E-state index in [0.29, 0.717) is 5.56 Å². The van der Waals surface area contributed by atoms with Crippen LogP contribution in [0.25, 0.3) is 0 Å². The summed E-state index contributed by atoms with van der Waals surface area (Å²) in [7, 11) is 1.36. The van der Waals surface area contributed by atoms with Crippen LogP contribution in [0.15, 0.2) is 18.5 Å². The maximum atomic E-state index is 11.0. The summed E-state index contributed by atoms with van der Waals surface area (Å²) in [5, 5.41) is 0. The molecule has 3 nitrogen and oxygen atoms in total. The van der Waals surface area contributed by atoms with Gasteiger partial charge in [-0.15, -0.1) is 12.4 Å². The molecule has 0 atom stereocenters. The van der Waals surface area contributed by atoms with Crippen LogP contribution in [-0.2, 0) is 4.74 Å². The summed E-state index contributed by atoms with van der Waals surface area (Å²) in [5.41, 5.74) is 1.40. The van der Waals surface area contributed by atoms with Crippen molar-refractivity contribution in [2.75, 3.05) is 7.11 Å². The molecule has 0 amide bonds. The lowest BCUT2D eigenvalue weighted by molar-refractivity contribution is 0.0600. The van der Waals surface area contributed by atoms with Gasteiger partial charge in [-0.3, -0.25) is 4.98 Å². The number of aromatic nitrogens is 1. The van der Waals surface area contributed by atoms with Crippen LogP contribution in [0, 0.1) is 6.92 Å². The zero-order valence-electron chi connectivity index (χ0n) is 6.90. The summed E-state index contributed by atoms with van der Waals surface area (Å²) in [5.74, 6) is -0.315. The largest absolute Gasteiger partial charge is 0.465 e. The van der Waals surface area contributed by atoms with Crippen molar-refractivity contribution in [3.63, 3.8) is 0 Å². The van der Waals surface area contributed by atoms with E-state index in [1.165, 1.54) is 7.11 Å². The number of pyridine rings is 1. The molecule has 0 spiro atoms. The molecule has 0 radical (unpaired) electrons. The van der Waals surface area contributed by atoms with E-state index < -0.39 is 0 Å². The predicted octanol–water partition coefficient (Wildman–Crippen LogP) is 1.60. The predicted molar refractivity (Wildman–Crippen MR) is 47.6 cm³/mol. The van der Waals surface area contributed by atoms with E-state index in [9.17, 15) is 4.79 Å². The third kappa shape index (κ3) is 2.20. The minimum atomic E-state index is -0.315. The minimum absolute atomic E-state index is 0. The standard InChI is InChI=1S/C8H9NO2.ClH/c1-6-5-9-4-3-7(6)8(10)11-2;/h3-5H,1-2H3;1H. The van der Waals surface area contributed by atoms with Crippen LogP contribution in [-0.4, -0.2) is 18.1 Å². The van der Waals surface area contributed by atoms with Crippen LogP contribution in [0.2, 0.25) is 0 Å². The molecular formula is C8H10ClNO2. The number of carbonyl (C=O) groups is 1. The van der Waals surface area contributed by atoms with E-state index in [1.807, 2.05) is 6.92 Å². The Bertz CT molecular complexity index is 276. The van der Waals surface area contributed by atoms with Crippen molar-refractivity contribution in [1.82, 2.24) is 4.98 Å². The second-order valence-corrected chi connectivity index (χ2v) is 2.18. The first-order valence-electron chi connectivity index (χ1n) is 3.24. The molecule has 4 heteroatoms. The van der Waals surface area contributed by atoms with Gasteiger partial charge in [0, 0.05) is 12.4 Å². The molecule has 1 rings (SSSR count). The van der Waals surface area contributed by atoms with Crippen molar-refractivity contribution in [3.8, 4) is 0 Å². The van der Waals surface area contributed by atoms with Gasteiger partial charge < -0.3 is 4.74 Å². The number of carbonyl (C=O) groups excluding carboxylic acids is 1. The lowest BCUT2D eigenvalue weighted by Crippen LogP contribution is -2.03. The van der Waals surface area contributed by atoms with Gasteiger partial charge in [-0.05, 0) is 18.6 Å². The summed E-state index contributed by atoms with van der Waals surface area (Å²) in [4.78, 5) is 14.8. The Balaban J connectivity index is 0.00000121. The third-order valence-corrected chi connectivity index (χ3v) is 1.43. The Morgan fingerprint density at radius 3 is 2.75 bits per heavy atom. The first-order chi connectivity index (χ1) is 5.25. The molecule has 0 unspecified atom stereocenters. The molecule has 66 valence electrons. The second kappa shape index (κ2) is 4.72. The molecule has 0 bridgehead atoms. The number of halogens is 1. The van der Waals surface area contributed by atoms with Crippen molar-refractivity contribution >= 4 is 18.4 Å². The van der Waals surface area contributed by atoms with E-state index in [-0.39, 0.29) is 18.4 Å². The van der Waals surface area contributed by atoms with E-state index >= 15 is 0 Å². The van der Waals surface area contributed by atoms with E-state index in [2.05, 4.69) is 9.72 Å². The highest BCUT2D eigenvalue weighted by Crippen LogP contribution is 2.05. The SMILES string of the molecule is COC(=O)c1ccncc1C.Cl. The summed E-state index contributed by atoms with van der Waals surface area (Å²) >= 11 is 0. The van der Waals surface area contributed by atoms with E-state index in [1.54, 1.807) is 18.5 Å². The molecular weight excluding hydrogens is 178 g/mol. The van der Waals surface area contributed by atoms with E-state index in [4.69, 9.17) is 0 Å². The van der Waals surface area contributed by atoms with Crippen molar-refractivity contribution in [2.45, 2.75) is 6.92 Å². The number of nitrogens with zero attached hydrogens (tertiary/aromatic N) is 1. The number of aryl methyl sites for hydroxylation is 1. The van der Waals surface area contributed by atoms with Gasteiger partial charge in [0.05, 0.1) is 12.7 Å². The van der Waals surface area contributed by atoms with Gasteiger partial charge in [0.1, 0.15) is 0 Å². The molecule has 0 N–H and O–H groups in total. The fourth-order valence-electron chi connectivity index (χ4n) is 0.812. The topological polar surface area (TPSA) is 39.2 Å². The molecule has 12 heavy (non-hydrogen) atoms. The molecule has 0 aliphatic rings. The fraction of sp³-hybridized carbons (Fsp3) is 0.250. The van der Waals surface area contributed by atoms with Gasteiger partial charge in [-0.25, -0.2) is 4.79 Å². The lowest BCUT2D eigenvalue weighted by atomic mass is 10.2. The van der Waals surface area contributed by atoms with Gasteiger partial charge in [0.25, 0.3) is 0 Å². The van der Waals surface area contributed by atoms with Crippen molar-refractivity contribution < 1.29 is 9.53 Å². The average molecular weight is 188 g/mol. The molecule has 0 fully saturated rings. The van der Waals surface area contributed by atoms with Crippen LogP contribution in [0.3, 0.4) is 0 Å². The molecule has 0 aliphatic heterocycles. The monoisotopic (exact) mass is 187 g/mol. The van der Waals surface area contributed by atoms with Gasteiger partial charge in [-0.1, -0.05) is 0 Å². The Hall–Kier alpha value is -1.09. The molecule has 1 aromatic heterocycles. The summed E-state index contributed by atoms with van der Waals surface area (Å²) in [6.45, 7) is 1.82. The molecule has 1 aromatic rings. The van der Waals surface area contributed by atoms with Crippen molar-refractivity contribution in [2.24, 2.45) is 0 Å². The van der Waals surface area contributed by atoms with Crippen LogP contribution in [0.4, 0.5) is 0 Å². The third-order valence-electron chi connectivity index (χ3n) is 1.43. The average Bonchev–Trinajstić information content (AvgIpc) is 2.04. The summed E-state index contributed by atoms with van der Waals surface area (Å²) in [6.07, 6.45) is 3.20. The Morgan fingerprint density at radius 1 is 1.58 bits per heavy atom. The van der Waals surface area contributed by atoms with Gasteiger partial charge in [-0.2, -0.15) is 0 Å². The number of methoxy groups -OCH3 is 1. The number of esters is 1. The Labute approximate surface area is 77.2 Å². The maximum absolute atomic E-state index is 11.0. The van der Waals surface area contributed by atoms with Gasteiger partial charge >= 0.3 is 5.97 Å². The van der Waals surface area contributed by atoms with Crippen LogP contribution in [0.1, 0.15) is 15.9 Å². The van der Waals surface area contributed by atoms with Crippen LogP contribution < -0.4 is 0 Å². The number of hydrogen-bond donors (Lipinski definition) is 0. The minimum Gasteiger partial charge on any atom is -0.465 e. The zero-order valence-corrected chi connectivity index (χ0v) is 7.72. The van der Waals surface area contributed by atoms with Crippen molar-refractivity contribution in [3.05, 3.63) is 29.6 Å². The summed E-state index contributed by atoms with van der Waals surface area (Å²) < 4.78 is 4.55. The highest BCUT2D eigenvalue weighted by Gasteiger charge is 2.06. The second-order valence-electron chi connectivity index (χ2n) is 2.18. The zero-order chi connectivity index (χ0) is 8.27. The van der Waals surface area contributed by atoms with Gasteiger partial charge in [0.2, 0.25) is 0 Å². The number of rotatable bonds is 1. The Morgan fingerprint density at radius 2 is 2.25 bits per heavy atom. The lowest BCUT2D eigenvalue weighted by Gasteiger charge is -2.00. The normalized spacial score (nSPS) is 8.50. The number of ether oxygens (including phenoxy) is 1. The highest BCUT2D eigenvalue weighted by atomic mass is 35.5. The van der Waals surface area contributed by atoms with Crippen LogP contribution in [0.5, 0.6) is 0 Å². The van der Waals surface area contributed by atoms with E-state index in [0.717, 1.165) is 5.56 Å². The summed E-state index contributed by atoms with van der Waals surface area (Å²) in [6, 6.07) is 1.64. The molecule has 0 aromatic carbocycles. The molecule has 0 aliphatic carbocycles. The van der Waals surface area contributed by atoms with Crippen molar-refractivity contribution in [1.29, 1.82) is 0 Å². The molecule has 0 saturated carbocycles. The molecule has 0 saturated heterocycles. The molecule has 1 heterocycles. The maximum Gasteiger partial charge on any atom is 0.338 e. The van der Waals surface area contributed by atoms with Gasteiger partial charge in [0.15, 0.2) is 0 Å². The smallest absolute Gasteiger partial charge is 0.338 e. The van der Waals surface area contributed by atoms with Crippen LogP contribution >= 0.6 is 12.4 Å². The highest BCUT2D eigenvalue weighted by molar-refractivity contribution is 5.90. The fourth-order valence-corrected chi connectivity index (χ4v) is 0.812.